The number of carbonyl (C=O) groups is 1. The zero-order chi connectivity index (χ0) is 12.4. The fraction of sp³-hybridized carbons (Fsp3) is 0.167. The molecule has 0 aliphatic rings. The largest absolute Gasteiger partial charge is 0.504 e. The van der Waals surface area contributed by atoms with Gasteiger partial charge in [0.1, 0.15) is 5.52 Å². The molecule has 5 nitrogen and oxygen atoms in total. The molecule has 2 rings (SSSR count). The predicted octanol–water partition coefficient (Wildman–Crippen LogP) is 1.54. The minimum atomic E-state index is -0.867. The standard InChI is InChI=1S/C12H12N2O3/c13-9-6-7(3-4-10(15)16)8-2-1-5-14-11(8)12(9)17/h1-2,5-6,17H,3-4,13H2,(H,15,16). The number of nitrogen functional groups attached to an aromatic ring is 1. The lowest BCUT2D eigenvalue weighted by atomic mass is 10.0. The molecule has 0 aliphatic heterocycles. The first kappa shape index (κ1) is 11.2. The van der Waals surface area contributed by atoms with Crippen molar-refractivity contribution < 1.29 is 15.0 Å². The van der Waals surface area contributed by atoms with Crippen molar-refractivity contribution in [2.75, 3.05) is 5.73 Å². The summed E-state index contributed by atoms with van der Waals surface area (Å²) in [5.41, 5.74) is 7.07. The minimum Gasteiger partial charge on any atom is -0.504 e. The van der Waals surface area contributed by atoms with Gasteiger partial charge in [-0.1, -0.05) is 6.07 Å². The molecule has 88 valence electrons. The number of benzene rings is 1. The van der Waals surface area contributed by atoms with Crippen molar-refractivity contribution in [2.45, 2.75) is 12.8 Å². The number of aliphatic carboxylic acids is 1. The Morgan fingerprint density at radius 1 is 1.47 bits per heavy atom. The van der Waals surface area contributed by atoms with E-state index >= 15 is 0 Å². The van der Waals surface area contributed by atoms with E-state index in [1.165, 1.54) is 0 Å². The molecule has 0 radical (unpaired) electrons. The molecule has 1 heterocycles. The van der Waals surface area contributed by atoms with Gasteiger partial charge in [0, 0.05) is 18.0 Å². The molecule has 0 aliphatic carbocycles. The number of hydrogen-bond acceptors (Lipinski definition) is 4. The van der Waals surface area contributed by atoms with Crippen LogP contribution in [0.1, 0.15) is 12.0 Å². The second-order valence-corrected chi connectivity index (χ2v) is 3.77. The molecule has 0 amide bonds. The van der Waals surface area contributed by atoms with E-state index in [0.29, 0.717) is 11.9 Å². The van der Waals surface area contributed by atoms with E-state index in [0.717, 1.165) is 10.9 Å². The molecule has 4 N–H and O–H groups in total. The number of pyridine rings is 1. The number of aromatic nitrogens is 1. The number of aromatic hydroxyl groups is 1. The highest BCUT2D eigenvalue weighted by Gasteiger charge is 2.11. The molecular formula is C12H12N2O3. The number of hydrogen-bond donors (Lipinski definition) is 3. The molecule has 1 aromatic heterocycles. The molecule has 5 heteroatoms. The SMILES string of the molecule is Nc1cc(CCC(=O)O)c2cccnc2c1O. The summed E-state index contributed by atoms with van der Waals surface area (Å²) < 4.78 is 0. The highest BCUT2D eigenvalue weighted by atomic mass is 16.4. The van der Waals surface area contributed by atoms with Gasteiger partial charge in [-0.15, -0.1) is 0 Å². The Morgan fingerprint density at radius 3 is 2.94 bits per heavy atom. The van der Waals surface area contributed by atoms with Crippen LogP contribution in [0, 0.1) is 0 Å². The van der Waals surface area contributed by atoms with Gasteiger partial charge >= 0.3 is 5.97 Å². The molecule has 1 aromatic carbocycles. The highest BCUT2D eigenvalue weighted by molar-refractivity contribution is 5.92. The lowest BCUT2D eigenvalue weighted by Gasteiger charge is -2.08. The molecule has 0 bridgehead atoms. The number of phenols is 1. The first-order valence-corrected chi connectivity index (χ1v) is 5.16. The summed E-state index contributed by atoms with van der Waals surface area (Å²) in [6, 6.07) is 5.13. The third-order valence-corrected chi connectivity index (χ3v) is 2.59. The lowest BCUT2D eigenvalue weighted by Crippen LogP contribution is -2.00. The van der Waals surface area contributed by atoms with Crippen LogP contribution in [0.2, 0.25) is 0 Å². The molecular weight excluding hydrogens is 220 g/mol. The van der Waals surface area contributed by atoms with E-state index < -0.39 is 5.97 Å². The molecule has 0 spiro atoms. The van der Waals surface area contributed by atoms with Crippen molar-refractivity contribution >= 4 is 22.6 Å². The van der Waals surface area contributed by atoms with Crippen molar-refractivity contribution in [2.24, 2.45) is 0 Å². The van der Waals surface area contributed by atoms with E-state index in [1.54, 1.807) is 24.4 Å². The second kappa shape index (κ2) is 4.29. The van der Waals surface area contributed by atoms with Crippen LogP contribution in [-0.4, -0.2) is 21.2 Å². The normalized spacial score (nSPS) is 10.6. The number of nitrogens with zero attached hydrogens (tertiary/aromatic N) is 1. The van der Waals surface area contributed by atoms with E-state index in [9.17, 15) is 9.90 Å². The van der Waals surface area contributed by atoms with Gasteiger partial charge in [0.2, 0.25) is 0 Å². The Hall–Kier alpha value is -2.30. The molecule has 0 atom stereocenters. The Morgan fingerprint density at radius 2 is 2.24 bits per heavy atom. The van der Waals surface area contributed by atoms with Crippen LogP contribution in [-0.2, 0) is 11.2 Å². The number of fused-ring (bicyclic) bond motifs is 1. The number of rotatable bonds is 3. The molecule has 0 saturated carbocycles. The molecule has 17 heavy (non-hydrogen) atoms. The summed E-state index contributed by atoms with van der Waals surface area (Å²) in [5.74, 6) is -0.923. The number of carboxylic acids is 1. The number of anilines is 1. The van der Waals surface area contributed by atoms with E-state index in [1.807, 2.05) is 0 Å². The first-order chi connectivity index (χ1) is 8.09. The van der Waals surface area contributed by atoms with Gasteiger partial charge in [0.05, 0.1) is 5.69 Å². The monoisotopic (exact) mass is 232 g/mol. The Kier molecular flexibility index (Phi) is 2.82. The Bertz CT molecular complexity index is 581. The van der Waals surface area contributed by atoms with Crippen LogP contribution in [0.15, 0.2) is 24.4 Å². The van der Waals surface area contributed by atoms with Crippen molar-refractivity contribution in [3.63, 3.8) is 0 Å². The summed E-state index contributed by atoms with van der Waals surface area (Å²) in [6.45, 7) is 0. The lowest BCUT2D eigenvalue weighted by molar-refractivity contribution is -0.136. The van der Waals surface area contributed by atoms with Crippen molar-refractivity contribution in [3.8, 4) is 5.75 Å². The number of carboxylic acid groups (broad SMARTS) is 1. The zero-order valence-electron chi connectivity index (χ0n) is 9.05. The zero-order valence-corrected chi connectivity index (χ0v) is 9.05. The predicted molar refractivity (Wildman–Crippen MR) is 63.8 cm³/mol. The molecule has 2 aromatic rings. The smallest absolute Gasteiger partial charge is 0.303 e. The maximum Gasteiger partial charge on any atom is 0.303 e. The van der Waals surface area contributed by atoms with Crippen LogP contribution in [0.25, 0.3) is 10.9 Å². The maximum atomic E-state index is 10.6. The van der Waals surface area contributed by atoms with E-state index in [2.05, 4.69) is 4.98 Å². The Balaban J connectivity index is 2.55. The van der Waals surface area contributed by atoms with Gasteiger partial charge in [0.25, 0.3) is 0 Å². The highest BCUT2D eigenvalue weighted by Crippen LogP contribution is 2.32. The third-order valence-electron chi connectivity index (χ3n) is 2.59. The van der Waals surface area contributed by atoms with Crippen LogP contribution in [0.3, 0.4) is 0 Å². The van der Waals surface area contributed by atoms with Gasteiger partial charge in [-0.05, 0) is 24.1 Å². The molecule has 0 saturated heterocycles. The minimum absolute atomic E-state index is 0.0220. The van der Waals surface area contributed by atoms with Crippen LogP contribution >= 0.6 is 0 Å². The maximum absolute atomic E-state index is 10.6. The summed E-state index contributed by atoms with van der Waals surface area (Å²) in [5, 5.41) is 19.2. The summed E-state index contributed by atoms with van der Waals surface area (Å²) in [4.78, 5) is 14.6. The number of nitrogens with two attached hydrogens (primary N) is 1. The summed E-state index contributed by atoms with van der Waals surface area (Å²) in [7, 11) is 0. The quantitative estimate of drug-likeness (QED) is 0.551. The Labute approximate surface area is 97.5 Å². The van der Waals surface area contributed by atoms with Crippen LogP contribution < -0.4 is 5.73 Å². The van der Waals surface area contributed by atoms with Gasteiger partial charge < -0.3 is 15.9 Å². The second-order valence-electron chi connectivity index (χ2n) is 3.77. The topological polar surface area (TPSA) is 96.4 Å². The van der Waals surface area contributed by atoms with Crippen molar-refractivity contribution in [1.82, 2.24) is 4.98 Å². The van der Waals surface area contributed by atoms with E-state index in [4.69, 9.17) is 10.8 Å². The van der Waals surface area contributed by atoms with Gasteiger partial charge in [0.15, 0.2) is 5.75 Å². The van der Waals surface area contributed by atoms with Crippen molar-refractivity contribution in [1.29, 1.82) is 0 Å². The number of phenolic OH excluding ortho intramolecular Hbond substituents is 1. The average Bonchev–Trinajstić information content (AvgIpc) is 2.32. The van der Waals surface area contributed by atoms with Gasteiger partial charge in [-0.2, -0.15) is 0 Å². The van der Waals surface area contributed by atoms with E-state index in [-0.39, 0.29) is 17.9 Å². The average molecular weight is 232 g/mol. The molecule has 0 unspecified atom stereocenters. The third kappa shape index (κ3) is 2.13. The van der Waals surface area contributed by atoms with Gasteiger partial charge in [-0.25, -0.2) is 0 Å². The first-order valence-electron chi connectivity index (χ1n) is 5.16. The number of aryl methyl sites for hydroxylation is 1. The van der Waals surface area contributed by atoms with Crippen molar-refractivity contribution in [3.05, 3.63) is 30.0 Å². The molecule has 0 fully saturated rings. The summed E-state index contributed by atoms with van der Waals surface area (Å²) in [6.07, 6.45) is 1.94. The summed E-state index contributed by atoms with van der Waals surface area (Å²) >= 11 is 0. The fourth-order valence-corrected chi connectivity index (χ4v) is 1.77. The van der Waals surface area contributed by atoms with Crippen LogP contribution in [0.4, 0.5) is 5.69 Å². The van der Waals surface area contributed by atoms with Crippen LogP contribution in [0.5, 0.6) is 5.75 Å². The fourth-order valence-electron chi connectivity index (χ4n) is 1.77. The van der Waals surface area contributed by atoms with Gasteiger partial charge in [-0.3, -0.25) is 9.78 Å².